The third kappa shape index (κ3) is 4.35. The average Bonchev–Trinajstić information content (AvgIpc) is 2.98. The zero-order valence-corrected chi connectivity index (χ0v) is 15.0. The van der Waals surface area contributed by atoms with E-state index in [0.717, 1.165) is 12.2 Å². The fourth-order valence-electron chi connectivity index (χ4n) is 2.85. The number of nitrogens with one attached hydrogen (secondary N) is 1. The Labute approximate surface area is 143 Å². The predicted octanol–water partition coefficient (Wildman–Crippen LogP) is 1.60. The van der Waals surface area contributed by atoms with Crippen LogP contribution in [-0.4, -0.2) is 53.1 Å². The molecule has 1 N–H and O–H groups in total. The van der Waals surface area contributed by atoms with Crippen LogP contribution in [0, 0.1) is 5.92 Å². The number of imidazole rings is 1. The number of rotatable bonds is 7. The van der Waals surface area contributed by atoms with Crippen molar-refractivity contribution in [2.24, 2.45) is 5.92 Å². The first kappa shape index (κ1) is 18.4. The normalized spacial score (nSPS) is 17.0. The molecule has 134 valence electrons. The number of fused-ring (bicyclic) bond motifs is 1. The molecule has 1 aliphatic rings. The van der Waals surface area contributed by atoms with Gasteiger partial charge in [-0.3, -0.25) is 9.59 Å². The predicted molar refractivity (Wildman–Crippen MR) is 90.6 cm³/mol. The van der Waals surface area contributed by atoms with Crippen molar-refractivity contribution in [3.63, 3.8) is 0 Å². The van der Waals surface area contributed by atoms with E-state index in [4.69, 9.17) is 4.74 Å². The van der Waals surface area contributed by atoms with E-state index >= 15 is 0 Å². The van der Waals surface area contributed by atoms with Crippen molar-refractivity contribution in [1.29, 1.82) is 0 Å². The maximum atomic E-state index is 12.4. The van der Waals surface area contributed by atoms with Crippen LogP contribution in [0.1, 0.15) is 56.0 Å². The van der Waals surface area contributed by atoms with Gasteiger partial charge in [0.05, 0.1) is 12.6 Å². The van der Waals surface area contributed by atoms with Gasteiger partial charge in [0.25, 0.3) is 5.91 Å². The van der Waals surface area contributed by atoms with Crippen LogP contribution in [0.4, 0.5) is 0 Å². The molecule has 0 aromatic carbocycles. The molecule has 0 aliphatic carbocycles. The SMILES string of the molecule is COCCNC(=O)c1cn2c(n1)[C@H](C)N(C(=O)CCC(C)C)CC2. The van der Waals surface area contributed by atoms with Crippen molar-refractivity contribution >= 4 is 11.8 Å². The minimum atomic E-state index is -0.209. The lowest BCUT2D eigenvalue weighted by molar-refractivity contribution is -0.134. The lowest BCUT2D eigenvalue weighted by Gasteiger charge is -2.34. The van der Waals surface area contributed by atoms with Crippen LogP contribution in [0.3, 0.4) is 0 Å². The second kappa shape index (κ2) is 8.28. The molecule has 1 atom stereocenters. The summed E-state index contributed by atoms with van der Waals surface area (Å²) in [6.45, 7) is 8.46. The first-order chi connectivity index (χ1) is 11.4. The summed E-state index contributed by atoms with van der Waals surface area (Å²) in [5, 5.41) is 2.77. The van der Waals surface area contributed by atoms with Crippen molar-refractivity contribution in [2.75, 3.05) is 26.8 Å². The second-order valence-electron chi connectivity index (χ2n) is 6.62. The monoisotopic (exact) mass is 336 g/mol. The van der Waals surface area contributed by atoms with E-state index in [-0.39, 0.29) is 17.9 Å². The van der Waals surface area contributed by atoms with Crippen LogP contribution in [-0.2, 0) is 16.1 Å². The van der Waals surface area contributed by atoms with Gasteiger partial charge in [0, 0.05) is 39.4 Å². The Kier molecular flexibility index (Phi) is 6.36. The van der Waals surface area contributed by atoms with Crippen molar-refractivity contribution in [1.82, 2.24) is 19.8 Å². The van der Waals surface area contributed by atoms with E-state index in [9.17, 15) is 9.59 Å². The van der Waals surface area contributed by atoms with Gasteiger partial charge >= 0.3 is 0 Å². The number of carbonyl (C=O) groups excluding carboxylic acids is 2. The second-order valence-corrected chi connectivity index (χ2v) is 6.62. The van der Waals surface area contributed by atoms with Gasteiger partial charge < -0.3 is 19.5 Å². The van der Waals surface area contributed by atoms with E-state index < -0.39 is 0 Å². The average molecular weight is 336 g/mol. The van der Waals surface area contributed by atoms with Gasteiger partial charge in [-0.05, 0) is 19.3 Å². The van der Waals surface area contributed by atoms with Crippen molar-refractivity contribution in [2.45, 2.75) is 46.2 Å². The Morgan fingerprint density at radius 2 is 2.17 bits per heavy atom. The molecule has 0 saturated heterocycles. The highest BCUT2D eigenvalue weighted by Gasteiger charge is 2.30. The van der Waals surface area contributed by atoms with E-state index in [1.807, 2.05) is 16.4 Å². The smallest absolute Gasteiger partial charge is 0.271 e. The standard InChI is InChI=1S/C17H28N4O3/c1-12(2)5-6-15(22)21-9-8-20-11-14(19-16(20)13(21)3)17(23)18-7-10-24-4/h11-13H,5-10H2,1-4H3,(H,18,23)/t13-/m0/s1. The molecular weight excluding hydrogens is 308 g/mol. The summed E-state index contributed by atoms with van der Waals surface area (Å²) in [4.78, 5) is 30.9. The first-order valence-electron chi connectivity index (χ1n) is 8.57. The lowest BCUT2D eigenvalue weighted by atomic mass is 10.1. The maximum absolute atomic E-state index is 12.4. The van der Waals surface area contributed by atoms with Crippen LogP contribution >= 0.6 is 0 Å². The zero-order chi connectivity index (χ0) is 17.7. The van der Waals surface area contributed by atoms with E-state index in [2.05, 4.69) is 24.1 Å². The minimum Gasteiger partial charge on any atom is -0.383 e. The number of aromatic nitrogens is 2. The van der Waals surface area contributed by atoms with E-state index in [1.54, 1.807) is 13.3 Å². The number of methoxy groups -OCH3 is 1. The molecule has 1 aromatic rings. The quantitative estimate of drug-likeness (QED) is 0.767. The number of nitrogens with zero attached hydrogens (tertiary/aromatic N) is 3. The highest BCUT2D eigenvalue weighted by atomic mass is 16.5. The van der Waals surface area contributed by atoms with Gasteiger partial charge in [0.2, 0.25) is 5.91 Å². The number of carbonyl (C=O) groups is 2. The van der Waals surface area contributed by atoms with Crippen LogP contribution < -0.4 is 5.32 Å². The molecular formula is C17H28N4O3. The first-order valence-corrected chi connectivity index (χ1v) is 8.57. The molecule has 0 radical (unpaired) electrons. The van der Waals surface area contributed by atoms with Crippen LogP contribution in [0.15, 0.2) is 6.20 Å². The third-order valence-electron chi connectivity index (χ3n) is 4.31. The Hall–Kier alpha value is -1.89. The molecule has 2 amide bonds. The summed E-state index contributed by atoms with van der Waals surface area (Å²) >= 11 is 0. The van der Waals surface area contributed by atoms with Crippen LogP contribution in [0.5, 0.6) is 0 Å². The molecule has 1 aliphatic heterocycles. The molecule has 2 heterocycles. The van der Waals surface area contributed by atoms with Gasteiger partial charge in [-0.2, -0.15) is 0 Å². The third-order valence-corrected chi connectivity index (χ3v) is 4.31. The van der Waals surface area contributed by atoms with Crippen LogP contribution in [0.2, 0.25) is 0 Å². The van der Waals surface area contributed by atoms with Crippen molar-refractivity contribution in [3.05, 3.63) is 17.7 Å². The number of ether oxygens (including phenoxy) is 1. The summed E-state index contributed by atoms with van der Waals surface area (Å²) in [5.74, 6) is 1.24. The Morgan fingerprint density at radius 1 is 1.42 bits per heavy atom. The van der Waals surface area contributed by atoms with Gasteiger partial charge in [0.15, 0.2) is 0 Å². The van der Waals surface area contributed by atoms with Gasteiger partial charge in [0.1, 0.15) is 11.5 Å². The zero-order valence-electron chi connectivity index (χ0n) is 15.0. The number of hydrogen-bond donors (Lipinski definition) is 1. The highest BCUT2D eigenvalue weighted by molar-refractivity contribution is 5.92. The molecule has 7 heteroatoms. The highest BCUT2D eigenvalue weighted by Crippen LogP contribution is 2.25. The Balaban J connectivity index is 2.03. The molecule has 24 heavy (non-hydrogen) atoms. The van der Waals surface area contributed by atoms with Gasteiger partial charge in [-0.1, -0.05) is 13.8 Å². The molecule has 0 saturated carbocycles. The summed E-state index contributed by atoms with van der Waals surface area (Å²) in [6.07, 6.45) is 3.22. The summed E-state index contributed by atoms with van der Waals surface area (Å²) in [5.41, 5.74) is 0.393. The summed E-state index contributed by atoms with van der Waals surface area (Å²) in [7, 11) is 1.59. The lowest BCUT2D eigenvalue weighted by Crippen LogP contribution is -2.41. The number of amides is 2. The minimum absolute atomic E-state index is 0.112. The van der Waals surface area contributed by atoms with Gasteiger partial charge in [-0.15, -0.1) is 0 Å². The summed E-state index contributed by atoms with van der Waals surface area (Å²) < 4.78 is 6.90. The Bertz CT molecular complexity index is 582. The fraction of sp³-hybridized carbons (Fsp3) is 0.706. The Morgan fingerprint density at radius 3 is 2.83 bits per heavy atom. The van der Waals surface area contributed by atoms with Crippen LogP contribution in [0.25, 0.3) is 0 Å². The maximum Gasteiger partial charge on any atom is 0.271 e. The molecule has 2 rings (SSSR count). The summed E-state index contributed by atoms with van der Waals surface area (Å²) in [6, 6.07) is -0.112. The van der Waals surface area contributed by atoms with Crippen molar-refractivity contribution in [3.8, 4) is 0 Å². The molecule has 0 bridgehead atoms. The molecule has 1 aromatic heterocycles. The fourth-order valence-corrected chi connectivity index (χ4v) is 2.85. The molecule has 0 spiro atoms. The number of hydrogen-bond acceptors (Lipinski definition) is 4. The largest absolute Gasteiger partial charge is 0.383 e. The van der Waals surface area contributed by atoms with E-state index in [1.165, 1.54) is 0 Å². The molecule has 7 nitrogen and oxygen atoms in total. The topological polar surface area (TPSA) is 76.5 Å². The van der Waals surface area contributed by atoms with E-state index in [0.29, 0.717) is 44.3 Å². The molecule has 0 unspecified atom stereocenters. The van der Waals surface area contributed by atoms with Crippen molar-refractivity contribution < 1.29 is 14.3 Å². The molecule has 0 fully saturated rings. The van der Waals surface area contributed by atoms with Gasteiger partial charge in [-0.25, -0.2) is 4.98 Å².